The SMILES string of the molecule is COc1ccc(NC(=O)c2cnc(N3CCCC3)cn2)cc1OC. The predicted molar refractivity (Wildman–Crippen MR) is 91.0 cm³/mol. The summed E-state index contributed by atoms with van der Waals surface area (Å²) in [6, 6.07) is 5.17. The van der Waals surface area contributed by atoms with Crippen molar-refractivity contribution in [3.05, 3.63) is 36.3 Å². The minimum absolute atomic E-state index is 0.271. The molecule has 0 atom stereocenters. The maximum absolute atomic E-state index is 12.3. The highest BCUT2D eigenvalue weighted by atomic mass is 16.5. The fraction of sp³-hybridized carbons (Fsp3) is 0.353. The van der Waals surface area contributed by atoms with E-state index in [1.165, 1.54) is 19.0 Å². The molecule has 2 aromatic rings. The van der Waals surface area contributed by atoms with E-state index < -0.39 is 0 Å². The van der Waals surface area contributed by atoms with Crippen LogP contribution < -0.4 is 19.7 Å². The van der Waals surface area contributed by atoms with Gasteiger partial charge in [-0.25, -0.2) is 9.97 Å². The van der Waals surface area contributed by atoms with Crippen molar-refractivity contribution in [1.29, 1.82) is 0 Å². The van der Waals surface area contributed by atoms with Gasteiger partial charge in [0.2, 0.25) is 0 Å². The summed E-state index contributed by atoms with van der Waals surface area (Å²) in [6.07, 6.45) is 5.49. The van der Waals surface area contributed by atoms with E-state index in [0.717, 1.165) is 18.9 Å². The van der Waals surface area contributed by atoms with Crippen LogP contribution in [-0.4, -0.2) is 43.2 Å². The number of amides is 1. The molecule has 3 rings (SSSR count). The smallest absolute Gasteiger partial charge is 0.275 e. The number of nitrogens with zero attached hydrogens (tertiary/aromatic N) is 3. The van der Waals surface area contributed by atoms with Crippen molar-refractivity contribution in [3.8, 4) is 11.5 Å². The number of methoxy groups -OCH3 is 2. The number of nitrogens with one attached hydrogen (secondary N) is 1. The molecule has 126 valence electrons. The molecular weight excluding hydrogens is 308 g/mol. The van der Waals surface area contributed by atoms with E-state index in [9.17, 15) is 4.79 Å². The largest absolute Gasteiger partial charge is 0.493 e. The lowest BCUT2D eigenvalue weighted by Crippen LogP contribution is -2.20. The van der Waals surface area contributed by atoms with Crippen LogP contribution in [0.4, 0.5) is 11.5 Å². The zero-order chi connectivity index (χ0) is 16.9. The Labute approximate surface area is 140 Å². The van der Waals surface area contributed by atoms with Gasteiger partial charge in [0.15, 0.2) is 11.5 Å². The van der Waals surface area contributed by atoms with Crippen LogP contribution >= 0.6 is 0 Å². The highest BCUT2D eigenvalue weighted by Gasteiger charge is 2.15. The van der Waals surface area contributed by atoms with Crippen LogP contribution in [0.15, 0.2) is 30.6 Å². The summed E-state index contributed by atoms with van der Waals surface area (Å²) >= 11 is 0. The Morgan fingerprint density at radius 3 is 2.46 bits per heavy atom. The van der Waals surface area contributed by atoms with E-state index >= 15 is 0 Å². The molecule has 1 aliphatic rings. The van der Waals surface area contributed by atoms with Crippen LogP contribution in [0.5, 0.6) is 11.5 Å². The molecule has 1 fully saturated rings. The third kappa shape index (κ3) is 3.40. The Balaban J connectivity index is 1.70. The van der Waals surface area contributed by atoms with Crippen molar-refractivity contribution in [1.82, 2.24) is 9.97 Å². The molecule has 0 radical (unpaired) electrons. The third-order valence-corrected chi connectivity index (χ3v) is 3.94. The van der Waals surface area contributed by atoms with Gasteiger partial charge < -0.3 is 19.7 Å². The standard InChI is InChI=1S/C17H20N4O3/c1-23-14-6-5-12(9-15(14)24-2)20-17(22)13-10-19-16(11-18-13)21-7-3-4-8-21/h5-6,9-11H,3-4,7-8H2,1-2H3,(H,20,22). The molecule has 1 aromatic heterocycles. The van der Waals surface area contributed by atoms with Gasteiger partial charge in [0.1, 0.15) is 11.5 Å². The molecule has 0 unspecified atom stereocenters. The number of carbonyl (C=O) groups excluding carboxylic acids is 1. The second-order valence-electron chi connectivity index (χ2n) is 5.48. The van der Waals surface area contributed by atoms with Gasteiger partial charge in [0.25, 0.3) is 5.91 Å². The second kappa shape index (κ2) is 7.16. The highest BCUT2D eigenvalue weighted by molar-refractivity contribution is 6.02. The average Bonchev–Trinajstić information content (AvgIpc) is 3.16. The molecule has 1 saturated heterocycles. The molecule has 7 heteroatoms. The number of carbonyl (C=O) groups is 1. The van der Waals surface area contributed by atoms with Crippen LogP contribution in [0.25, 0.3) is 0 Å². The Morgan fingerprint density at radius 1 is 1.08 bits per heavy atom. The minimum Gasteiger partial charge on any atom is -0.493 e. The van der Waals surface area contributed by atoms with E-state index in [1.807, 2.05) is 0 Å². The molecule has 0 aliphatic carbocycles. The molecule has 0 bridgehead atoms. The summed E-state index contributed by atoms with van der Waals surface area (Å²) in [7, 11) is 3.11. The molecule has 1 aromatic carbocycles. The lowest BCUT2D eigenvalue weighted by atomic mass is 10.2. The molecule has 2 heterocycles. The lowest BCUT2D eigenvalue weighted by Gasteiger charge is -2.15. The maximum atomic E-state index is 12.3. The molecule has 0 spiro atoms. The van der Waals surface area contributed by atoms with Gasteiger partial charge in [-0.3, -0.25) is 4.79 Å². The van der Waals surface area contributed by atoms with Gasteiger partial charge in [-0.15, -0.1) is 0 Å². The van der Waals surface area contributed by atoms with E-state index in [-0.39, 0.29) is 11.6 Å². The zero-order valence-corrected chi connectivity index (χ0v) is 13.8. The van der Waals surface area contributed by atoms with Crippen LogP contribution in [-0.2, 0) is 0 Å². The summed E-state index contributed by atoms with van der Waals surface area (Å²) < 4.78 is 10.4. The van der Waals surface area contributed by atoms with Crippen molar-refractivity contribution in [2.75, 3.05) is 37.5 Å². The first-order chi connectivity index (χ1) is 11.7. The fourth-order valence-corrected chi connectivity index (χ4v) is 2.66. The number of rotatable bonds is 5. The minimum atomic E-state index is -0.317. The molecule has 1 amide bonds. The van der Waals surface area contributed by atoms with Gasteiger partial charge in [-0.1, -0.05) is 0 Å². The molecule has 1 N–H and O–H groups in total. The maximum Gasteiger partial charge on any atom is 0.275 e. The van der Waals surface area contributed by atoms with Gasteiger partial charge in [0.05, 0.1) is 26.6 Å². The van der Waals surface area contributed by atoms with Gasteiger partial charge in [-0.05, 0) is 25.0 Å². The van der Waals surface area contributed by atoms with Gasteiger partial charge in [-0.2, -0.15) is 0 Å². The number of anilines is 2. The molecule has 24 heavy (non-hydrogen) atoms. The van der Waals surface area contributed by atoms with Crippen molar-refractivity contribution >= 4 is 17.4 Å². The van der Waals surface area contributed by atoms with Gasteiger partial charge in [0, 0.05) is 24.8 Å². The van der Waals surface area contributed by atoms with Crippen molar-refractivity contribution in [2.45, 2.75) is 12.8 Å². The first-order valence-corrected chi connectivity index (χ1v) is 7.81. The van der Waals surface area contributed by atoms with Crippen LogP contribution in [0.1, 0.15) is 23.3 Å². The van der Waals surface area contributed by atoms with Crippen molar-refractivity contribution in [2.24, 2.45) is 0 Å². The monoisotopic (exact) mass is 328 g/mol. The second-order valence-corrected chi connectivity index (χ2v) is 5.48. The first-order valence-electron chi connectivity index (χ1n) is 7.81. The Kier molecular flexibility index (Phi) is 4.79. The molecule has 0 saturated carbocycles. The van der Waals surface area contributed by atoms with E-state index in [2.05, 4.69) is 20.2 Å². The normalized spacial score (nSPS) is 13.7. The van der Waals surface area contributed by atoms with E-state index in [0.29, 0.717) is 17.2 Å². The summed E-state index contributed by atoms with van der Waals surface area (Å²) in [6.45, 7) is 1.98. The Morgan fingerprint density at radius 2 is 1.83 bits per heavy atom. The number of hydrogen-bond donors (Lipinski definition) is 1. The Bertz CT molecular complexity index is 712. The van der Waals surface area contributed by atoms with Crippen LogP contribution in [0.2, 0.25) is 0 Å². The van der Waals surface area contributed by atoms with Crippen LogP contribution in [0.3, 0.4) is 0 Å². The van der Waals surface area contributed by atoms with E-state index in [1.54, 1.807) is 38.6 Å². The molecular formula is C17H20N4O3. The summed E-state index contributed by atoms with van der Waals surface area (Å²) in [5.41, 5.74) is 0.871. The highest BCUT2D eigenvalue weighted by Crippen LogP contribution is 2.29. The molecule has 1 aliphatic heterocycles. The van der Waals surface area contributed by atoms with Crippen molar-refractivity contribution < 1.29 is 14.3 Å². The summed E-state index contributed by atoms with van der Waals surface area (Å²) in [5.74, 6) is 1.65. The van der Waals surface area contributed by atoms with E-state index in [4.69, 9.17) is 9.47 Å². The van der Waals surface area contributed by atoms with Gasteiger partial charge >= 0.3 is 0 Å². The zero-order valence-electron chi connectivity index (χ0n) is 13.8. The number of ether oxygens (including phenoxy) is 2. The number of hydrogen-bond acceptors (Lipinski definition) is 6. The number of aromatic nitrogens is 2. The lowest BCUT2D eigenvalue weighted by molar-refractivity contribution is 0.102. The number of benzene rings is 1. The predicted octanol–water partition coefficient (Wildman–Crippen LogP) is 2.35. The van der Waals surface area contributed by atoms with Crippen LogP contribution in [0, 0.1) is 0 Å². The Hall–Kier alpha value is -2.83. The third-order valence-electron chi connectivity index (χ3n) is 3.94. The topological polar surface area (TPSA) is 76.6 Å². The average molecular weight is 328 g/mol. The first kappa shape index (κ1) is 16.0. The fourth-order valence-electron chi connectivity index (χ4n) is 2.66. The summed E-state index contributed by atoms with van der Waals surface area (Å²) in [5, 5.41) is 2.78. The van der Waals surface area contributed by atoms with Crippen molar-refractivity contribution in [3.63, 3.8) is 0 Å². The quantitative estimate of drug-likeness (QED) is 0.908. The molecule has 7 nitrogen and oxygen atoms in total. The summed E-state index contributed by atoms with van der Waals surface area (Å²) in [4.78, 5) is 23.0.